The molecule has 0 saturated carbocycles. The fourth-order valence-corrected chi connectivity index (χ4v) is 2.26. The summed E-state index contributed by atoms with van der Waals surface area (Å²) in [7, 11) is 0. The second-order valence-electron chi connectivity index (χ2n) is 4.21. The molecule has 0 heterocycles. The van der Waals surface area contributed by atoms with E-state index in [0.29, 0.717) is 5.92 Å². The molecule has 78 valence electrons. The molecular weight excluding hydrogens is 238 g/mol. The lowest BCUT2D eigenvalue weighted by Crippen LogP contribution is -2.09. The number of rotatable bonds is 3. The third kappa shape index (κ3) is 3.02. The number of nitrogens with one attached hydrogen (secondary N) is 1. The normalized spacial score (nSPS) is 10.7. The van der Waals surface area contributed by atoms with Crippen LogP contribution < -0.4 is 5.32 Å². The Balaban J connectivity index is 2.86. The first-order valence-electron chi connectivity index (χ1n) is 5.01. The zero-order chi connectivity index (χ0) is 10.7. The Hall–Kier alpha value is -0.500. The van der Waals surface area contributed by atoms with Crippen molar-refractivity contribution in [2.45, 2.75) is 27.7 Å². The van der Waals surface area contributed by atoms with Gasteiger partial charge in [-0.1, -0.05) is 19.9 Å². The summed E-state index contributed by atoms with van der Waals surface area (Å²) in [5.41, 5.74) is 3.83. The number of halogens is 1. The van der Waals surface area contributed by atoms with E-state index in [1.54, 1.807) is 0 Å². The van der Waals surface area contributed by atoms with Crippen LogP contribution in [0.3, 0.4) is 0 Å². The summed E-state index contributed by atoms with van der Waals surface area (Å²) in [6.45, 7) is 9.70. The van der Waals surface area contributed by atoms with Crippen LogP contribution in [0.15, 0.2) is 16.6 Å². The molecule has 1 aromatic carbocycles. The predicted molar refractivity (Wildman–Crippen MR) is 66.9 cm³/mol. The van der Waals surface area contributed by atoms with E-state index in [-0.39, 0.29) is 0 Å². The van der Waals surface area contributed by atoms with Gasteiger partial charge >= 0.3 is 0 Å². The van der Waals surface area contributed by atoms with Gasteiger partial charge in [0, 0.05) is 11.0 Å². The van der Waals surface area contributed by atoms with E-state index in [0.717, 1.165) is 11.0 Å². The second-order valence-corrected chi connectivity index (χ2v) is 5.07. The van der Waals surface area contributed by atoms with E-state index < -0.39 is 0 Å². The Morgan fingerprint density at radius 1 is 1.29 bits per heavy atom. The maximum atomic E-state index is 3.59. The highest BCUT2D eigenvalue weighted by atomic mass is 79.9. The van der Waals surface area contributed by atoms with Crippen molar-refractivity contribution in [2.75, 3.05) is 11.9 Å². The summed E-state index contributed by atoms with van der Waals surface area (Å²) in [4.78, 5) is 0. The van der Waals surface area contributed by atoms with Crippen molar-refractivity contribution in [1.29, 1.82) is 0 Å². The van der Waals surface area contributed by atoms with Gasteiger partial charge in [-0.05, 0) is 52.9 Å². The van der Waals surface area contributed by atoms with Crippen LogP contribution in [0.2, 0.25) is 0 Å². The first-order valence-corrected chi connectivity index (χ1v) is 5.80. The second kappa shape index (κ2) is 4.83. The van der Waals surface area contributed by atoms with Crippen LogP contribution in [0.4, 0.5) is 5.69 Å². The number of anilines is 1. The lowest BCUT2D eigenvalue weighted by Gasteiger charge is -2.14. The number of benzene rings is 1. The van der Waals surface area contributed by atoms with Gasteiger partial charge in [0.05, 0.1) is 5.69 Å². The Kier molecular flexibility index (Phi) is 3.99. The van der Waals surface area contributed by atoms with Gasteiger partial charge in [-0.2, -0.15) is 0 Å². The Labute approximate surface area is 95.0 Å². The summed E-state index contributed by atoms with van der Waals surface area (Å²) in [6.07, 6.45) is 0. The highest BCUT2D eigenvalue weighted by Crippen LogP contribution is 2.27. The van der Waals surface area contributed by atoms with Crippen LogP contribution in [0.1, 0.15) is 25.0 Å². The van der Waals surface area contributed by atoms with Crippen molar-refractivity contribution in [1.82, 2.24) is 0 Å². The van der Waals surface area contributed by atoms with E-state index in [2.05, 4.69) is 61.1 Å². The standard InChI is InChI=1S/C12H18BrN/c1-8(2)7-14-12-10(4)5-9(3)6-11(12)13/h5-6,8,14H,7H2,1-4H3. The minimum absolute atomic E-state index is 0.669. The van der Waals surface area contributed by atoms with Gasteiger partial charge in [-0.3, -0.25) is 0 Å². The maximum Gasteiger partial charge on any atom is 0.0514 e. The Bertz CT molecular complexity index is 295. The summed E-state index contributed by atoms with van der Waals surface area (Å²) < 4.78 is 1.16. The van der Waals surface area contributed by atoms with Crippen LogP contribution in [0.5, 0.6) is 0 Å². The molecule has 1 nitrogen and oxygen atoms in total. The van der Waals surface area contributed by atoms with Crippen molar-refractivity contribution < 1.29 is 0 Å². The van der Waals surface area contributed by atoms with Crippen molar-refractivity contribution in [3.05, 3.63) is 27.7 Å². The van der Waals surface area contributed by atoms with Crippen LogP contribution in [-0.4, -0.2) is 6.54 Å². The zero-order valence-corrected chi connectivity index (χ0v) is 10.9. The maximum absolute atomic E-state index is 3.59. The number of aryl methyl sites for hydroxylation is 2. The van der Waals surface area contributed by atoms with Crippen LogP contribution in [0, 0.1) is 19.8 Å². The van der Waals surface area contributed by atoms with E-state index in [4.69, 9.17) is 0 Å². The first kappa shape index (κ1) is 11.6. The van der Waals surface area contributed by atoms with E-state index in [1.165, 1.54) is 16.8 Å². The molecule has 1 rings (SSSR count). The molecule has 0 aliphatic heterocycles. The molecule has 0 radical (unpaired) electrons. The molecule has 0 spiro atoms. The third-order valence-corrected chi connectivity index (χ3v) is 2.74. The molecule has 0 atom stereocenters. The topological polar surface area (TPSA) is 12.0 Å². The van der Waals surface area contributed by atoms with Crippen LogP contribution >= 0.6 is 15.9 Å². The largest absolute Gasteiger partial charge is 0.384 e. The molecule has 1 N–H and O–H groups in total. The van der Waals surface area contributed by atoms with Gasteiger partial charge < -0.3 is 5.32 Å². The van der Waals surface area contributed by atoms with Crippen molar-refractivity contribution in [3.63, 3.8) is 0 Å². The van der Waals surface area contributed by atoms with E-state index in [9.17, 15) is 0 Å². The van der Waals surface area contributed by atoms with Gasteiger partial charge in [-0.15, -0.1) is 0 Å². The molecular formula is C12H18BrN. The van der Waals surface area contributed by atoms with Gasteiger partial charge in [-0.25, -0.2) is 0 Å². The minimum atomic E-state index is 0.669. The highest BCUT2D eigenvalue weighted by molar-refractivity contribution is 9.10. The van der Waals surface area contributed by atoms with Crippen molar-refractivity contribution >= 4 is 21.6 Å². The summed E-state index contributed by atoms with van der Waals surface area (Å²) in [5, 5.41) is 3.46. The van der Waals surface area contributed by atoms with Crippen LogP contribution in [0.25, 0.3) is 0 Å². The average Bonchev–Trinajstić information content (AvgIpc) is 2.01. The van der Waals surface area contributed by atoms with Gasteiger partial charge in [0.25, 0.3) is 0 Å². The summed E-state index contributed by atoms with van der Waals surface area (Å²) in [6, 6.07) is 4.35. The fourth-order valence-electron chi connectivity index (χ4n) is 1.45. The van der Waals surface area contributed by atoms with Crippen molar-refractivity contribution in [2.24, 2.45) is 5.92 Å². The fraction of sp³-hybridized carbons (Fsp3) is 0.500. The quantitative estimate of drug-likeness (QED) is 0.857. The minimum Gasteiger partial charge on any atom is -0.384 e. The molecule has 0 aliphatic carbocycles. The van der Waals surface area contributed by atoms with Gasteiger partial charge in [0.15, 0.2) is 0 Å². The number of hydrogen-bond acceptors (Lipinski definition) is 1. The SMILES string of the molecule is Cc1cc(C)c(NCC(C)C)c(Br)c1. The van der Waals surface area contributed by atoms with Gasteiger partial charge in [0.2, 0.25) is 0 Å². The molecule has 0 bridgehead atoms. The molecule has 0 unspecified atom stereocenters. The smallest absolute Gasteiger partial charge is 0.0514 e. The van der Waals surface area contributed by atoms with Crippen LogP contribution in [-0.2, 0) is 0 Å². The summed E-state index contributed by atoms with van der Waals surface area (Å²) >= 11 is 3.59. The third-order valence-electron chi connectivity index (χ3n) is 2.12. The molecule has 14 heavy (non-hydrogen) atoms. The van der Waals surface area contributed by atoms with E-state index in [1.807, 2.05) is 0 Å². The zero-order valence-electron chi connectivity index (χ0n) is 9.32. The predicted octanol–water partition coefficient (Wildman–Crippen LogP) is 4.13. The van der Waals surface area contributed by atoms with Gasteiger partial charge in [0.1, 0.15) is 0 Å². The Morgan fingerprint density at radius 3 is 2.43 bits per heavy atom. The molecule has 0 fully saturated rings. The first-order chi connectivity index (χ1) is 6.50. The highest BCUT2D eigenvalue weighted by Gasteiger charge is 2.04. The molecule has 0 saturated heterocycles. The monoisotopic (exact) mass is 255 g/mol. The lowest BCUT2D eigenvalue weighted by molar-refractivity contribution is 0.688. The molecule has 0 amide bonds. The Morgan fingerprint density at radius 2 is 1.93 bits per heavy atom. The van der Waals surface area contributed by atoms with Crippen molar-refractivity contribution in [3.8, 4) is 0 Å². The molecule has 0 aromatic heterocycles. The lowest BCUT2D eigenvalue weighted by atomic mass is 10.1. The van der Waals surface area contributed by atoms with E-state index >= 15 is 0 Å². The number of hydrogen-bond donors (Lipinski definition) is 1. The molecule has 0 aliphatic rings. The molecule has 1 aromatic rings. The molecule has 2 heteroatoms. The summed E-state index contributed by atoms with van der Waals surface area (Å²) in [5.74, 6) is 0.669. The average molecular weight is 256 g/mol.